The van der Waals surface area contributed by atoms with E-state index in [4.69, 9.17) is 4.74 Å². The summed E-state index contributed by atoms with van der Waals surface area (Å²) in [4.78, 5) is 68.6. The molecule has 1 aromatic carbocycles. The molecule has 13 nitrogen and oxygen atoms in total. The first-order valence-electron chi connectivity index (χ1n) is 15.2. The van der Waals surface area contributed by atoms with Crippen LogP contribution in [0.25, 0.3) is 11.0 Å². The molecule has 0 aliphatic carbocycles. The van der Waals surface area contributed by atoms with Gasteiger partial charge in [0, 0.05) is 77.4 Å². The summed E-state index contributed by atoms with van der Waals surface area (Å²) in [5, 5.41) is 5.29. The number of alkyl carbamates (subject to hydrolysis) is 1. The standard InChI is InChI=1S/C30H43N7O6/c1-30(2,3)43-28(41)31-20-9-12-34(13-10-20)14-11-26(39)36-17-15-35(16-18-36)21-5-6-22-24(19-21)33(4)29(42)37(22)23-7-8-25(38)32-27(23)40/h5-6,19-20,23H,7-18H2,1-4H3,(H,31,41)(H,32,38,40). The number of nitrogens with zero attached hydrogens (tertiary/aromatic N) is 5. The molecule has 1 unspecified atom stereocenters. The molecule has 234 valence electrons. The number of ether oxygens (including phenoxy) is 1. The summed E-state index contributed by atoms with van der Waals surface area (Å²) < 4.78 is 8.38. The summed E-state index contributed by atoms with van der Waals surface area (Å²) in [7, 11) is 1.69. The SMILES string of the molecule is Cn1c(=O)n(C2CCC(=O)NC2=O)c2ccc(N3CCN(C(=O)CCN4CCC(NC(=O)OC(C)(C)C)CC4)CC3)cc21. The van der Waals surface area contributed by atoms with Crippen molar-refractivity contribution in [3.05, 3.63) is 28.7 Å². The molecular weight excluding hydrogens is 554 g/mol. The van der Waals surface area contributed by atoms with Gasteiger partial charge in [0.2, 0.25) is 17.7 Å². The van der Waals surface area contributed by atoms with E-state index in [0.29, 0.717) is 51.1 Å². The van der Waals surface area contributed by atoms with E-state index in [9.17, 15) is 24.0 Å². The van der Waals surface area contributed by atoms with E-state index in [1.54, 1.807) is 11.6 Å². The average molecular weight is 598 g/mol. The lowest BCUT2D eigenvalue weighted by Crippen LogP contribution is -2.50. The number of likely N-dealkylation sites (tertiary alicyclic amines) is 1. The van der Waals surface area contributed by atoms with Gasteiger partial charge in [0.25, 0.3) is 0 Å². The number of aryl methyl sites for hydroxylation is 1. The van der Waals surface area contributed by atoms with Gasteiger partial charge < -0.3 is 24.8 Å². The molecular formula is C30H43N7O6. The second kappa shape index (κ2) is 12.4. The lowest BCUT2D eigenvalue weighted by Gasteiger charge is -2.37. The van der Waals surface area contributed by atoms with Crippen molar-refractivity contribution in [1.29, 1.82) is 0 Å². The minimum atomic E-state index is -0.713. The van der Waals surface area contributed by atoms with Gasteiger partial charge in [-0.05, 0) is 58.2 Å². The highest BCUT2D eigenvalue weighted by atomic mass is 16.6. The highest BCUT2D eigenvalue weighted by Gasteiger charge is 2.32. The maximum absolute atomic E-state index is 13.1. The molecule has 3 aliphatic heterocycles. The maximum atomic E-state index is 13.1. The van der Waals surface area contributed by atoms with Gasteiger partial charge in [-0.15, -0.1) is 0 Å². The Bertz CT molecular complexity index is 1440. The molecule has 3 fully saturated rings. The van der Waals surface area contributed by atoms with E-state index in [1.165, 1.54) is 4.57 Å². The summed E-state index contributed by atoms with van der Waals surface area (Å²) in [5.41, 5.74) is 1.52. The number of aromatic nitrogens is 2. The number of rotatable bonds is 6. The van der Waals surface area contributed by atoms with Crippen LogP contribution in [0.3, 0.4) is 0 Å². The van der Waals surface area contributed by atoms with Crippen LogP contribution in [0.1, 0.15) is 58.9 Å². The molecule has 0 spiro atoms. The van der Waals surface area contributed by atoms with E-state index < -0.39 is 17.6 Å². The highest BCUT2D eigenvalue weighted by Crippen LogP contribution is 2.27. The molecule has 2 N–H and O–H groups in total. The summed E-state index contributed by atoms with van der Waals surface area (Å²) in [6.45, 7) is 10.5. The molecule has 3 saturated heterocycles. The molecule has 43 heavy (non-hydrogen) atoms. The van der Waals surface area contributed by atoms with Crippen LogP contribution in [-0.4, -0.2) is 100 Å². The minimum absolute atomic E-state index is 0.0903. The van der Waals surface area contributed by atoms with Gasteiger partial charge in [0.1, 0.15) is 11.6 Å². The fourth-order valence-electron chi connectivity index (χ4n) is 6.18. The Morgan fingerprint density at radius 1 is 0.977 bits per heavy atom. The third kappa shape index (κ3) is 7.03. The lowest BCUT2D eigenvalue weighted by molar-refractivity contribution is -0.136. The zero-order valence-corrected chi connectivity index (χ0v) is 25.6. The number of hydrogen-bond donors (Lipinski definition) is 2. The smallest absolute Gasteiger partial charge is 0.407 e. The summed E-state index contributed by atoms with van der Waals surface area (Å²) >= 11 is 0. The number of hydrogen-bond acceptors (Lipinski definition) is 8. The van der Waals surface area contributed by atoms with E-state index >= 15 is 0 Å². The molecule has 0 radical (unpaired) electrons. The number of fused-ring (bicyclic) bond motifs is 1. The Labute approximate surface area is 251 Å². The molecule has 4 heterocycles. The van der Waals surface area contributed by atoms with Crippen LogP contribution in [-0.2, 0) is 26.2 Å². The van der Waals surface area contributed by atoms with E-state index in [2.05, 4.69) is 20.4 Å². The zero-order valence-electron chi connectivity index (χ0n) is 25.6. The van der Waals surface area contributed by atoms with Crippen LogP contribution in [0.4, 0.5) is 10.5 Å². The molecule has 4 amide bonds. The quantitative estimate of drug-likeness (QED) is 0.476. The predicted octanol–water partition coefficient (Wildman–Crippen LogP) is 1.35. The number of carbonyl (C=O) groups is 4. The number of carbonyl (C=O) groups excluding carboxylic acids is 4. The molecule has 0 bridgehead atoms. The van der Waals surface area contributed by atoms with E-state index in [1.807, 2.05) is 43.9 Å². The largest absolute Gasteiger partial charge is 0.444 e. The van der Waals surface area contributed by atoms with Crippen LogP contribution in [0.5, 0.6) is 0 Å². The van der Waals surface area contributed by atoms with Crippen LogP contribution in [0.15, 0.2) is 23.0 Å². The average Bonchev–Trinajstić information content (AvgIpc) is 3.20. The first-order chi connectivity index (χ1) is 20.4. The van der Waals surface area contributed by atoms with Crippen molar-refractivity contribution < 1.29 is 23.9 Å². The summed E-state index contributed by atoms with van der Waals surface area (Å²) in [6, 6.07) is 5.14. The van der Waals surface area contributed by atoms with Crippen molar-refractivity contribution in [2.24, 2.45) is 7.05 Å². The Hall–Kier alpha value is -3.87. The molecule has 3 aliphatic rings. The maximum Gasteiger partial charge on any atom is 0.407 e. The Balaban J connectivity index is 1.10. The highest BCUT2D eigenvalue weighted by molar-refractivity contribution is 6.00. The fraction of sp³-hybridized carbons (Fsp3) is 0.633. The van der Waals surface area contributed by atoms with Crippen molar-refractivity contribution in [1.82, 2.24) is 29.6 Å². The molecule has 2 aromatic rings. The topological polar surface area (TPSA) is 138 Å². The summed E-state index contributed by atoms with van der Waals surface area (Å²) in [5.74, 6) is -0.619. The third-order valence-corrected chi connectivity index (χ3v) is 8.54. The second-order valence-corrected chi connectivity index (χ2v) is 12.7. The molecule has 1 aromatic heterocycles. The number of imidazole rings is 1. The van der Waals surface area contributed by atoms with Crippen molar-refractivity contribution in [3.8, 4) is 0 Å². The van der Waals surface area contributed by atoms with Gasteiger partial charge in [0.15, 0.2) is 0 Å². The van der Waals surface area contributed by atoms with Crippen LogP contribution in [0.2, 0.25) is 0 Å². The number of imide groups is 1. The van der Waals surface area contributed by atoms with Gasteiger partial charge in [0.05, 0.1) is 11.0 Å². The number of nitrogens with one attached hydrogen (secondary N) is 2. The number of piperazine rings is 1. The molecule has 13 heteroatoms. The Kier molecular flexibility index (Phi) is 8.81. The zero-order chi connectivity index (χ0) is 30.9. The van der Waals surface area contributed by atoms with Gasteiger partial charge in [-0.25, -0.2) is 9.59 Å². The fourth-order valence-corrected chi connectivity index (χ4v) is 6.18. The molecule has 0 saturated carbocycles. The van der Waals surface area contributed by atoms with Crippen LogP contribution >= 0.6 is 0 Å². The van der Waals surface area contributed by atoms with Crippen LogP contribution in [0, 0.1) is 0 Å². The third-order valence-electron chi connectivity index (χ3n) is 8.54. The van der Waals surface area contributed by atoms with Crippen molar-refractivity contribution >= 4 is 40.5 Å². The normalized spacial score (nSPS) is 20.8. The number of amides is 4. The van der Waals surface area contributed by atoms with Crippen molar-refractivity contribution in [3.63, 3.8) is 0 Å². The van der Waals surface area contributed by atoms with Gasteiger partial charge >= 0.3 is 11.8 Å². The lowest BCUT2D eigenvalue weighted by atomic mass is 10.0. The van der Waals surface area contributed by atoms with Crippen molar-refractivity contribution in [2.45, 2.75) is 70.6 Å². The van der Waals surface area contributed by atoms with Gasteiger partial charge in [-0.1, -0.05) is 0 Å². The van der Waals surface area contributed by atoms with E-state index in [-0.39, 0.29) is 36.1 Å². The van der Waals surface area contributed by atoms with Gasteiger partial charge in [-0.3, -0.25) is 28.8 Å². The monoisotopic (exact) mass is 597 g/mol. The molecule has 1 atom stereocenters. The van der Waals surface area contributed by atoms with Crippen LogP contribution < -0.4 is 21.2 Å². The Morgan fingerprint density at radius 3 is 2.33 bits per heavy atom. The number of benzene rings is 1. The summed E-state index contributed by atoms with van der Waals surface area (Å²) in [6.07, 6.45) is 2.25. The molecule has 5 rings (SSSR count). The Morgan fingerprint density at radius 2 is 1.67 bits per heavy atom. The predicted molar refractivity (Wildman–Crippen MR) is 161 cm³/mol. The second-order valence-electron chi connectivity index (χ2n) is 12.7. The van der Waals surface area contributed by atoms with E-state index in [0.717, 1.165) is 37.1 Å². The first-order valence-corrected chi connectivity index (χ1v) is 15.2. The first kappa shape index (κ1) is 30.6. The van der Waals surface area contributed by atoms with Crippen molar-refractivity contribution in [2.75, 3.05) is 50.7 Å². The number of anilines is 1. The number of piperidine rings is 2. The van der Waals surface area contributed by atoms with Gasteiger partial charge in [-0.2, -0.15) is 0 Å². The minimum Gasteiger partial charge on any atom is -0.444 e.